The first-order valence-corrected chi connectivity index (χ1v) is 5.96. The number of carbonyl (C=O) groups excluding carboxylic acids is 2. The SMILES string of the molecule is COC(=O)c1ccc(OCC(=O)N(C)C)c(Br)c1. The van der Waals surface area contributed by atoms with Gasteiger partial charge in [-0.05, 0) is 34.1 Å². The van der Waals surface area contributed by atoms with E-state index in [0.717, 1.165) is 0 Å². The maximum absolute atomic E-state index is 11.4. The lowest BCUT2D eigenvalue weighted by Gasteiger charge is -2.12. The molecule has 5 nitrogen and oxygen atoms in total. The van der Waals surface area contributed by atoms with E-state index in [1.807, 2.05) is 0 Å². The molecule has 0 N–H and O–H groups in total. The summed E-state index contributed by atoms with van der Waals surface area (Å²) in [6, 6.07) is 4.77. The van der Waals surface area contributed by atoms with Crippen LogP contribution >= 0.6 is 15.9 Å². The molecule has 0 radical (unpaired) electrons. The maximum Gasteiger partial charge on any atom is 0.337 e. The van der Waals surface area contributed by atoms with Gasteiger partial charge in [0.05, 0.1) is 17.1 Å². The number of halogens is 1. The number of methoxy groups -OCH3 is 1. The van der Waals surface area contributed by atoms with E-state index in [0.29, 0.717) is 15.8 Å². The summed E-state index contributed by atoms with van der Waals surface area (Å²) in [6.07, 6.45) is 0. The van der Waals surface area contributed by atoms with Crippen molar-refractivity contribution in [1.82, 2.24) is 4.90 Å². The van der Waals surface area contributed by atoms with E-state index >= 15 is 0 Å². The fourth-order valence-corrected chi connectivity index (χ4v) is 1.62. The highest BCUT2D eigenvalue weighted by molar-refractivity contribution is 9.10. The fourth-order valence-electron chi connectivity index (χ4n) is 1.13. The molecule has 0 aliphatic heterocycles. The van der Waals surface area contributed by atoms with E-state index in [2.05, 4.69) is 20.7 Å². The van der Waals surface area contributed by atoms with Gasteiger partial charge in [-0.3, -0.25) is 4.79 Å². The Morgan fingerprint density at radius 3 is 2.50 bits per heavy atom. The van der Waals surface area contributed by atoms with Gasteiger partial charge in [0, 0.05) is 14.1 Å². The number of hydrogen-bond donors (Lipinski definition) is 0. The largest absolute Gasteiger partial charge is 0.483 e. The lowest BCUT2D eigenvalue weighted by atomic mass is 10.2. The number of benzene rings is 1. The number of carbonyl (C=O) groups is 2. The zero-order valence-corrected chi connectivity index (χ0v) is 12.0. The molecule has 1 aromatic rings. The predicted molar refractivity (Wildman–Crippen MR) is 69.7 cm³/mol. The molecule has 0 fully saturated rings. The maximum atomic E-state index is 11.4. The monoisotopic (exact) mass is 315 g/mol. The van der Waals surface area contributed by atoms with Gasteiger partial charge < -0.3 is 14.4 Å². The molecule has 0 atom stereocenters. The van der Waals surface area contributed by atoms with E-state index in [1.165, 1.54) is 12.0 Å². The average Bonchev–Trinajstić information content (AvgIpc) is 2.35. The zero-order valence-electron chi connectivity index (χ0n) is 10.4. The highest BCUT2D eigenvalue weighted by Gasteiger charge is 2.11. The van der Waals surface area contributed by atoms with Crippen molar-refractivity contribution in [2.45, 2.75) is 0 Å². The normalized spacial score (nSPS) is 9.78. The minimum absolute atomic E-state index is 0.0524. The molecule has 0 spiro atoms. The third-order valence-corrected chi connectivity index (χ3v) is 2.82. The van der Waals surface area contributed by atoms with E-state index in [4.69, 9.17) is 4.74 Å². The highest BCUT2D eigenvalue weighted by atomic mass is 79.9. The van der Waals surface area contributed by atoms with Gasteiger partial charge in [0.1, 0.15) is 5.75 Å². The number of amides is 1. The van der Waals surface area contributed by atoms with Gasteiger partial charge in [-0.2, -0.15) is 0 Å². The van der Waals surface area contributed by atoms with E-state index in [1.54, 1.807) is 32.3 Å². The molecular formula is C12H14BrNO4. The summed E-state index contributed by atoms with van der Waals surface area (Å²) >= 11 is 3.27. The summed E-state index contributed by atoms with van der Waals surface area (Å²) in [5.41, 5.74) is 0.413. The van der Waals surface area contributed by atoms with Crippen LogP contribution in [-0.4, -0.2) is 44.6 Å². The summed E-state index contributed by atoms with van der Waals surface area (Å²) in [7, 11) is 4.62. The first-order chi connectivity index (χ1) is 8.45. The van der Waals surface area contributed by atoms with Crippen molar-refractivity contribution in [3.63, 3.8) is 0 Å². The second-order valence-corrected chi connectivity index (χ2v) is 4.57. The predicted octanol–water partition coefficient (Wildman–Crippen LogP) is 1.70. The first-order valence-electron chi connectivity index (χ1n) is 5.16. The summed E-state index contributed by atoms with van der Waals surface area (Å²) in [5.74, 6) is -0.0663. The minimum atomic E-state index is -0.424. The lowest BCUT2D eigenvalue weighted by Crippen LogP contribution is -2.27. The number of likely N-dealkylation sites (N-methyl/N-ethyl adjacent to an activating group) is 1. The topological polar surface area (TPSA) is 55.8 Å². The van der Waals surface area contributed by atoms with Gasteiger partial charge in [0.2, 0.25) is 0 Å². The zero-order chi connectivity index (χ0) is 13.7. The Bertz CT molecular complexity index is 459. The van der Waals surface area contributed by atoms with Crippen molar-refractivity contribution in [2.75, 3.05) is 27.8 Å². The molecular weight excluding hydrogens is 302 g/mol. The van der Waals surface area contributed by atoms with Crippen molar-refractivity contribution in [2.24, 2.45) is 0 Å². The average molecular weight is 316 g/mol. The Morgan fingerprint density at radius 2 is 2.00 bits per heavy atom. The molecule has 0 unspecified atom stereocenters. The molecule has 1 rings (SSSR count). The lowest BCUT2D eigenvalue weighted by molar-refractivity contribution is -0.130. The van der Waals surface area contributed by atoms with Crippen LogP contribution in [0.3, 0.4) is 0 Å². The van der Waals surface area contributed by atoms with E-state index in [-0.39, 0.29) is 12.5 Å². The van der Waals surface area contributed by atoms with Crippen LogP contribution in [0.5, 0.6) is 5.75 Å². The van der Waals surface area contributed by atoms with Crippen LogP contribution < -0.4 is 4.74 Å². The Balaban J connectivity index is 2.74. The number of hydrogen-bond acceptors (Lipinski definition) is 4. The third-order valence-electron chi connectivity index (χ3n) is 2.20. The molecule has 0 aliphatic rings. The van der Waals surface area contributed by atoms with Crippen molar-refractivity contribution in [1.29, 1.82) is 0 Å². The number of ether oxygens (including phenoxy) is 2. The van der Waals surface area contributed by atoms with Gasteiger partial charge in [0.15, 0.2) is 6.61 Å². The summed E-state index contributed by atoms with van der Waals surface area (Å²) in [5, 5.41) is 0. The molecule has 0 saturated carbocycles. The Morgan fingerprint density at radius 1 is 1.33 bits per heavy atom. The van der Waals surface area contributed by atoms with Gasteiger partial charge in [-0.15, -0.1) is 0 Å². The molecule has 18 heavy (non-hydrogen) atoms. The van der Waals surface area contributed by atoms with Crippen molar-refractivity contribution in [3.05, 3.63) is 28.2 Å². The van der Waals surface area contributed by atoms with E-state index in [9.17, 15) is 9.59 Å². The number of nitrogens with zero attached hydrogens (tertiary/aromatic N) is 1. The second kappa shape index (κ2) is 6.39. The van der Waals surface area contributed by atoms with E-state index < -0.39 is 5.97 Å². The fraction of sp³-hybridized carbons (Fsp3) is 0.333. The van der Waals surface area contributed by atoms with Gasteiger partial charge in [0.25, 0.3) is 5.91 Å². The molecule has 1 aromatic carbocycles. The quantitative estimate of drug-likeness (QED) is 0.794. The Kier molecular flexibility index (Phi) is 5.15. The van der Waals surface area contributed by atoms with Gasteiger partial charge in [-0.25, -0.2) is 4.79 Å². The molecule has 0 saturated heterocycles. The smallest absolute Gasteiger partial charge is 0.337 e. The van der Waals surface area contributed by atoms with Crippen molar-refractivity contribution >= 4 is 27.8 Å². The summed E-state index contributed by atoms with van der Waals surface area (Å²) < 4.78 is 10.5. The van der Waals surface area contributed by atoms with Crippen molar-refractivity contribution < 1.29 is 19.1 Å². The van der Waals surface area contributed by atoms with Gasteiger partial charge in [-0.1, -0.05) is 0 Å². The minimum Gasteiger partial charge on any atom is -0.483 e. The van der Waals surface area contributed by atoms with Crippen LogP contribution in [0.25, 0.3) is 0 Å². The van der Waals surface area contributed by atoms with Gasteiger partial charge >= 0.3 is 5.97 Å². The first kappa shape index (κ1) is 14.5. The molecule has 1 amide bonds. The highest BCUT2D eigenvalue weighted by Crippen LogP contribution is 2.26. The standard InChI is InChI=1S/C12H14BrNO4/c1-14(2)11(15)7-18-10-5-4-8(6-9(10)13)12(16)17-3/h4-6H,7H2,1-3H3. The number of rotatable bonds is 4. The summed E-state index contributed by atoms with van der Waals surface area (Å²) in [6.45, 7) is -0.0524. The molecule has 0 bridgehead atoms. The number of esters is 1. The molecule has 0 heterocycles. The van der Waals surface area contributed by atoms with Crippen LogP contribution in [0.1, 0.15) is 10.4 Å². The Hall–Kier alpha value is -1.56. The molecule has 0 aliphatic carbocycles. The second-order valence-electron chi connectivity index (χ2n) is 3.71. The van der Waals surface area contributed by atoms with Crippen LogP contribution in [0, 0.1) is 0 Å². The Labute approximate surface area is 114 Å². The van der Waals surface area contributed by atoms with Crippen molar-refractivity contribution in [3.8, 4) is 5.75 Å². The van der Waals surface area contributed by atoms with Crippen LogP contribution in [-0.2, 0) is 9.53 Å². The third kappa shape index (κ3) is 3.73. The van der Waals surface area contributed by atoms with Crippen LogP contribution in [0.15, 0.2) is 22.7 Å². The summed E-state index contributed by atoms with van der Waals surface area (Å²) in [4.78, 5) is 24.1. The molecule has 6 heteroatoms. The molecule has 98 valence electrons. The van der Waals surface area contributed by atoms with Crippen LogP contribution in [0.4, 0.5) is 0 Å². The van der Waals surface area contributed by atoms with Crippen LogP contribution in [0.2, 0.25) is 0 Å². The molecule has 0 aromatic heterocycles.